The van der Waals surface area contributed by atoms with E-state index < -0.39 is 0 Å². The first-order chi connectivity index (χ1) is 12.7. The van der Waals surface area contributed by atoms with E-state index in [-0.39, 0.29) is 5.41 Å². The summed E-state index contributed by atoms with van der Waals surface area (Å²) in [5.74, 6) is 0. The molecule has 140 valence electrons. The quantitative estimate of drug-likeness (QED) is 0.565. The molecule has 2 heterocycles. The highest BCUT2D eigenvalue weighted by Crippen LogP contribution is 2.36. The predicted molar refractivity (Wildman–Crippen MR) is 107 cm³/mol. The third kappa shape index (κ3) is 5.29. The van der Waals surface area contributed by atoms with Crippen LogP contribution in [0.3, 0.4) is 0 Å². The maximum Gasteiger partial charge on any atom is 0.187 e. The second-order valence-corrected chi connectivity index (χ2v) is 8.12. The van der Waals surface area contributed by atoms with Crippen molar-refractivity contribution in [2.24, 2.45) is 5.41 Å². The van der Waals surface area contributed by atoms with Crippen molar-refractivity contribution in [3.05, 3.63) is 53.9 Å². The molecule has 1 aliphatic heterocycles. The molecule has 0 spiro atoms. The summed E-state index contributed by atoms with van der Waals surface area (Å²) in [5.41, 5.74) is 2.67. The van der Waals surface area contributed by atoms with E-state index >= 15 is 0 Å². The molecule has 1 aromatic heterocycles. The highest BCUT2D eigenvalue weighted by Gasteiger charge is 2.33. The van der Waals surface area contributed by atoms with Crippen LogP contribution in [0, 0.1) is 5.41 Å². The first kappa shape index (κ1) is 19.3. The van der Waals surface area contributed by atoms with Crippen molar-refractivity contribution in [2.45, 2.75) is 43.8 Å². The van der Waals surface area contributed by atoms with Gasteiger partial charge in [-0.1, -0.05) is 42.1 Å². The molecule has 0 aliphatic carbocycles. The van der Waals surface area contributed by atoms with E-state index in [0.717, 1.165) is 56.9 Å². The summed E-state index contributed by atoms with van der Waals surface area (Å²) in [6.45, 7) is 3.29. The van der Waals surface area contributed by atoms with Crippen molar-refractivity contribution in [1.29, 1.82) is 0 Å². The lowest BCUT2D eigenvalue weighted by Crippen LogP contribution is -2.41. The molecule has 1 fully saturated rings. The van der Waals surface area contributed by atoms with Gasteiger partial charge in [0.25, 0.3) is 0 Å². The summed E-state index contributed by atoms with van der Waals surface area (Å²) < 4.78 is 0. The van der Waals surface area contributed by atoms with Crippen LogP contribution in [-0.2, 0) is 13.0 Å². The maximum absolute atomic E-state index is 10.0. The lowest BCUT2D eigenvalue weighted by atomic mass is 9.75. The highest BCUT2D eigenvalue weighted by molar-refractivity contribution is 7.98. The largest absolute Gasteiger partial charge is 0.396 e. The van der Waals surface area contributed by atoms with Crippen LogP contribution in [0.5, 0.6) is 0 Å². The molecule has 1 saturated heterocycles. The number of aryl methyl sites for hydroxylation is 1. The molecular weight excluding hydrogens is 342 g/mol. The molecule has 2 aromatic rings. The molecule has 1 N–H and O–H groups in total. The molecule has 0 bridgehead atoms. The number of thioether (sulfide) groups is 1. The summed E-state index contributed by atoms with van der Waals surface area (Å²) in [6.07, 6.45) is 11.4. The number of aliphatic hydroxyl groups is 1. The zero-order chi connectivity index (χ0) is 18.2. The van der Waals surface area contributed by atoms with Gasteiger partial charge in [-0.15, -0.1) is 0 Å². The van der Waals surface area contributed by atoms with Gasteiger partial charge in [0, 0.05) is 31.1 Å². The van der Waals surface area contributed by atoms with Gasteiger partial charge in [0.15, 0.2) is 5.16 Å². The van der Waals surface area contributed by atoms with Crippen LogP contribution >= 0.6 is 11.8 Å². The summed E-state index contributed by atoms with van der Waals surface area (Å²) in [6, 6.07) is 10.7. The van der Waals surface area contributed by atoms with Gasteiger partial charge < -0.3 is 5.11 Å². The average Bonchev–Trinajstić information content (AvgIpc) is 2.71. The normalized spacial score (nSPS) is 17.3. The van der Waals surface area contributed by atoms with Gasteiger partial charge in [-0.25, -0.2) is 9.97 Å². The second-order valence-electron chi connectivity index (χ2n) is 7.35. The Morgan fingerprint density at radius 2 is 1.77 bits per heavy atom. The Morgan fingerprint density at radius 1 is 1.08 bits per heavy atom. The Morgan fingerprint density at radius 3 is 2.38 bits per heavy atom. The Balaban J connectivity index is 1.46. The van der Waals surface area contributed by atoms with Gasteiger partial charge in [0.2, 0.25) is 0 Å². The number of hydrogen-bond acceptors (Lipinski definition) is 5. The number of benzene rings is 1. The molecule has 0 radical (unpaired) electrons. The van der Waals surface area contributed by atoms with E-state index in [0.29, 0.717) is 6.61 Å². The van der Waals surface area contributed by atoms with Gasteiger partial charge in [-0.05, 0) is 62.4 Å². The Hall–Kier alpha value is -1.43. The fraction of sp³-hybridized carbons (Fsp3) is 0.524. The van der Waals surface area contributed by atoms with Crippen molar-refractivity contribution in [3.8, 4) is 0 Å². The number of aromatic nitrogens is 2. The minimum Gasteiger partial charge on any atom is -0.396 e. The zero-order valence-corrected chi connectivity index (χ0v) is 16.4. The van der Waals surface area contributed by atoms with Gasteiger partial charge in [-0.2, -0.15) is 0 Å². The summed E-state index contributed by atoms with van der Waals surface area (Å²) >= 11 is 1.57. The average molecular weight is 372 g/mol. The molecule has 0 saturated carbocycles. The summed E-state index contributed by atoms with van der Waals surface area (Å²) in [5, 5.41) is 10.9. The lowest BCUT2D eigenvalue weighted by molar-refractivity contribution is 0.0329. The lowest BCUT2D eigenvalue weighted by Gasteiger charge is -2.41. The minimum atomic E-state index is 0.102. The molecular formula is C21H29N3OS. The van der Waals surface area contributed by atoms with Crippen LogP contribution in [0.2, 0.25) is 0 Å². The van der Waals surface area contributed by atoms with Crippen LogP contribution in [0.4, 0.5) is 0 Å². The fourth-order valence-corrected chi connectivity index (χ4v) is 4.09. The minimum absolute atomic E-state index is 0.102. The van der Waals surface area contributed by atoms with Crippen molar-refractivity contribution in [3.63, 3.8) is 0 Å². The summed E-state index contributed by atoms with van der Waals surface area (Å²) in [7, 11) is 0. The molecule has 1 aromatic carbocycles. The third-order valence-corrected chi connectivity index (χ3v) is 6.11. The van der Waals surface area contributed by atoms with Crippen LogP contribution in [0.15, 0.2) is 47.9 Å². The number of likely N-dealkylation sites (tertiary alicyclic amines) is 1. The van der Waals surface area contributed by atoms with Gasteiger partial charge in [0.1, 0.15) is 0 Å². The fourth-order valence-electron chi connectivity index (χ4n) is 3.77. The number of hydrogen-bond donors (Lipinski definition) is 1. The number of aliphatic hydroxyl groups excluding tert-OH is 1. The molecule has 5 heteroatoms. The van der Waals surface area contributed by atoms with Crippen LogP contribution in [-0.4, -0.2) is 45.9 Å². The van der Waals surface area contributed by atoms with E-state index in [2.05, 4.69) is 45.2 Å². The molecule has 0 amide bonds. The molecule has 4 nitrogen and oxygen atoms in total. The maximum atomic E-state index is 10.0. The van der Waals surface area contributed by atoms with Crippen LogP contribution in [0.25, 0.3) is 0 Å². The van der Waals surface area contributed by atoms with Gasteiger partial charge >= 0.3 is 0 Å². The molecule has 3 rings (SSSR count). The van der Waals surface area contributed by atoms with Crippen molar-refractivity contribution >= 4 is 11.8 Å². The van der Waals surface area contributed by atoms with E-state index in [1.54, 1.807) is 11.8 Å². The zero-order valence-electron chi connectivity index (χ0n) is 15.6. The van der Waals surface area contributed by atoms with E-state index in [1.165, 1.54) is 11.1 Å². The van der Waals surface area contributed by atoms with Crippen molar-refractivity contribution in [2.75, 3.05) is 26.0 Å². The number of nitrogens with zero attached hydrogens (tertiary/aromatic N) is 3. The Kier molecular flexibility index (Phi) is 7.06. The first-order valence-corrected chi connectivity index (χ1v) is 10.7. The SMILES string of the molecule is CSc1ncc(CN2CCC(CO)(CCCc3ccccc3)CC2)cn1. The molecule has 26 heavy (non-hydrogen) atoms. The Labute approximate surface area is 161 Å². The van der Waals surface area contributed by atoms with Crippen molar-refractivity contribution < 1.29 is 5.11 Å². The highest BCUT2D eigenvalue weighted by atomic mass is 32.2. The second kappa shape index (κ2) is 9.49. The standard InChI is InChI=1S/C21H29N3OS/c1-26-20-22-14-19(15-23-20)16-24-12-10-21(17-25,11-13-24)9-5-8-18-6-3-2-4-7-18/h2-4,6-7,14-15,25H,5,8-13,16-17H2,1H3. The summed E-state index contributed by atoms with van der Waals surface area (Å²) in [4.78, 5) is 11.2. The van der Waals surface area contributed by atoms with E-state index in [4.69, 9.17) is 0 Å². The van der Waals surface area contributed by atoms with Crippen LogP contribution in [0.1, 0.15) is 36.8 Å². The smallest absolute Gasteiger partial charge is 0.187 e. The Bertz CT molecular complexity index is 655. The van der Waals surface area contributed by atoms with E-state index in [9.17, 15) is 5.11 Å². The van der Waals surface area contributed by atoms with Gasteiger partial charge in [-0.3, -0.25) is 4.90 Å². The van der Waals surface area contributed by atoms with Crippen LogP contribution < -0.4 is 0 Å². The number of piperidine rings is 1. The topological polar surface area (TPSA) is 49.2 Å². The molecule has 0 atom stereocenters. The van der Waals surface area contributed by atoms with E-state index in [1.807, 2.05) is 18.6 Å². The number of rotatable bonds is 8. The third-order valence-electron chi connectivity index (χ3n) is 5.54. The first-order valence-electron chi connectivity index (χ1n) is 9.45. The monoisotopic (exact) mass is 371 g/mol. The molecule has 0 unspecified atom stereocenters. The van der Waals surface area contributed by atoms with Crippen molar-refractivity contribution in [1.82, 2.24) is 14.9 Å². The predicted octanol–water partition coefficient (Wildman–Crippen LogP) is 3.80. The van der Waals surface area contributed by atoms with Gasteiger partial charge in [0.05, 0.1) is 0 Å². The molecule has 1 aliphatic rings.